The lowest BCUT2D eigenvalue weighted by Gasteiger charge is -2.30. The summed E-state index contributed by atoms with van der Waals surface area (Å²) in [6.07, 6.45) is -5.58. The van der Waals surface area contributed by atoms with Crippen molar-refractivity contribution in [1.82, 2.24) is 90.4 Å². The van der Waals surface area contributed by atoms with Crippen LogP contribution in [-0.2, 0) is 114 Å². The molecule has 0 saturated heterocycles. The molecule has 51 heteroatoms. The fourth-order valence-electron chi connectivity index (χ4n) is 13.3. The Bertz CT molecular complexity index is 4500. The van der Waals surface area contributed by atoms with Gasteiger partial charge >= 0.3 is 11.9 Å². The van der Waals surface area contributed by atoms with Gasteiger partial charge in [0.2, 0.25) is 112 Å². The highest BCUT2D eigenvalue weighted by Gasteiger charge is 2.41. The number of nitrogens with one attached hydrogen (secondary N) is 17. The quantitative estimate of drug-likeness (QED) is 0.0166. The predicted octanol–water partition coefficient (Wildman–Crippen LogP) is -9.52. The van der Waals surface area contributed by atoms with Crippen LogP contribution in [0.25, 0.3) is 0 Å². The Kier molecular flexibility index (Phi) is 53.4. The Balaban J connectivity index is 2.57. The summed E-state index contributed by atoms with van der Waals surface area (Å²) < 4.78 is 0. The standard InChI is InChI=1S/C87H140N24O27/c1-13-44(8)68(110-71(122)46(10)96-76(127)60(37-66(119)120)101-70(121)45(9)89)84(135)105-58(34-49-20-15-14-16-21-49)80(131)111-69(48(12)114)85(136)106-59(36-64(91)117)79(130)108-62(40-113)82(133)103-57(35-50-24-26-51(115)27-25-50)78(129)100-53(23-19-31-94-87(92)93)73(124)99-52(22-17-18-30-88)75(126)109-67(43(6)7)83(134)104-55(32-41(2)3)72(123)95-38-65(118)98-54(28-29-63(90)116)74(125)102-56(33-42(4)5)77(128)107-61(39-112)81(132)97-47(11)86(137)138/h14-16,20-21,24-27,41-48,52-62,67-69,112-115H,13,17-19,22-23,28-40,88-89H2,1-12H3,(H2,90,116)(H2,91,117)(H,95,123)(H,96,127)(H,97,132)(H,98,118)(H,99,124)(H,100,129)(H,101,121)(H,102,125)(H,103,133)(H,104,134)(H,105,135)(H,106,136)(H,107,128)(H,108,130)(H,109,126)(H,110,122)(H,111,131)(H,119,120)(H,137,138)(H4,92,93,94)/t44-,45-,46-,47-,48+,52-,53-,54-,55-,56-,57-,58-,59-,60-,61-,62-,67-,68-,69-/m0/s1. The van der Waals surface area contributed by atoms with Gasteiger partial charge in [-0.05, 0) is 133 Å². The number of rotatable bonds is 64. The molecule has 0 heterocycles. The van der Waals surface area contributed by atoms with E-state index in [2.05, 4.69) is 95.4 Å². The molecule has 0 bridgehead atoms. The average molecular weight is 1950 g/mol. The van der Waals surface area contributed by atoms with E-state index in [9.17, 15) is 131 Å². The smallest absolute Gasteiger partial charge is 0.325 e. The normalized spacial score (nSPS) is 15.3. The Morgan fingerprint density at radius 2 is 0.775 bits per heavy atom. The maximum atomic E-state index is 14.9. The summed E-state index contributed by atoms with van der Waals surface area (Å²) in [4.78, 5) is 290. The lowest BCUT2D eigenvalue weighted by molar-refractivity contribution is -0.142. The van der Waals surface area contributed by atoms with Crippen LogP contribution in [0.2, 0.25) is 0 Å². The van der Waals surface area contributed by atoms with Crippen LogP contribution in [0.4, 0.5) is 0 Å². The summed E-state index contributed by atoms with van der Waals surface area (Å²) in [5, 5.41) is 101. The molecule has 0 aliphatic heterocycles. The number of unbranched alkanes of at least 4 members (excludes halogenated alkanes) is 1. The molecule has 0 aromatic heterocycles. The van der Waals surface area contributed by atoms with E-state index >= 15 is 0 Å². The second kappa shape index (κ2) is 61.3. The number of phenols is 1. The number of nitrogens with two attached hydrogens (primary N) is 6. The Labute approximate surface area is 797 Å². The summed E-state index contributed by atoms with van der Waals surface area (Å²) in [7, 11) is 0. The number of guanidine groups is 1. The van der Waals surface area contributed by atoms with Crippen molar-refractivity contribution in [3.63, 3.8) is 0 Å². The first-order valence-corrected chi connectivity index (χ1v) is 45.0. The number of amides is 19. The molecule has 0 aliphatic rings. The Morgan fingerprint density at radius 1 is 0.384 bits per heavy atom. The molecule has 19 atom stereocenters. The summed E-state index contributed by atoms with van der Waals surface area (Å²) in [5.41, 5.74) is 34.3. The van der Waals surface area contributed by atoms with Gasteiger partial charge in [0.1, 0.15) is 102 Å². The first-order chi connectivity index (χ1) is 64.7. The molecule has 2 aromatic carbocycles. The van der Waals surface area contributed by atoms with Crippen molar-refractivity contribution >= 4 is 130 Å². The molecule has 0 saturated carbocycles. The summed E-state index contributed by atoms with van der Waals surface area (Å²) in [6.45, 7) is 14.5. The third-order valence-electron chi connectivity index (χ3n) is 21.2. The lowest BCUT2D eigenvalue weighted by Crippen LogP contribution is -2.63. The van der Waals surface area contributed by atoms with Crippen LogP contribution in [0.15, 0.2) is 59.6 Å². The SMILES string of the molecule is CC[C@H](C)[C@H](NC(=O)[C@H](C)NC(=O)[C@H](CC(=O)O)NC(=O)[C@H](C)N)C(=O)N[C@@H](Cc1ccccc1)C(=O)N[C@H](C(=O)N[C@@H](CC(N)=O)C(=O)N[C@@H](CO)C(=O)N[C@@H](Cc1ccc(O)cc1)C(=O)N[C@@H](CCCN=C(N)N)C(=O)N[C@@H](CCCCN)C(=O)N[C@H](C(=O)N[C@@H](CC(C)C)C(=O)NCC(=O)N[C@@H](CCC(N)=O)C(=O)N[C@@H](CC(C)C)C(=O)N[C@@H](CO)C(=O)N[C@@H](C)C(=O)O)C(C)C)[C@@H](C)O. The van der Waals surface area contributed by atoms with Gasteiger partial charge in [-0.25, -0.2) is 0 Å². The van der Waals surface area contributed by atoms with Crippen LogP contribution < -0.4 is 125 Å². The molecule has 2 rings (SSSR count). The van der Waals surface area contributed by atoms with Gasteiger partial charge in [0.15, 0.2) is 5.96 Å². The number of aliphatic hydroxyl groups excluding tert-OH is 3. The van der Waals surface area contributed by atoms with Crippen molar-refractivity contribution in [2.24, 2.45) is 63.1 Å². The number of aliphatic imine (C=N–C) groups is 1. The summed E-state index contributed by atoms with van der Waals surface area (Å²) in [6, 6.07) is -14.6. The minimum Gasteiger partial charge on any atom is -0.508 e. The molecular formula is C87H140N24O27. The minimum absolute atomic E-state index is 0.0649. The number of carboxylic acids is 2. The zero-order valence-corrected chi connectivity index (χ0v) is 79.5. The number of nitrogens with zero attached hydrogens (tertiary/aromatic N) is 1. The van der Waals surface area contributed by atoms with Crippen LogP contribution >= 0.6 is 0 Å². The zero-order valence-electron chi connectivity index (χ0n) is 79.5. The Hall–Kier alpha value is -13.8. The van der Waals surface area contributed by atoms with E-state index in [-0.39, 0.29) is 100.0 Å². The molecule has 35 N–H and O–H groups in total. The fraction of sp³-hybridized carbons (Fsp3) is 0.609. The van der Waals surface area contributed by atoms with E-state index in [1.54, 1.807) is 71.9 Å². The molecule has 0 unspecified atom stereocenters. The van der Waals surface area contributed by atoms with Crippen LogP contribution in [0.5, 0.6) is 5.75 Å². The van der Waals surface area contributed by atoms with Crippen molar-refractivity contribution in [3.05, 3.63) is 65.7 Å². The molecule has 0 spiro atoms. The summed E-state index contributed by atoms with van der Waals surface area (Å²) in [5.74, 6) is -26.2. The third kappa shape index (κ3) is 44.8. The molecule has 19 amide bonds. The third-order valence-corrected chi connectivity index (χ3v) is 21.2. The number of phenolic OH excluding ortho intramolecular Hbond substituents is 1. The van der Waals surface area contributed by atoms with Crippen molar-refractivity contribution < 1.29 is 131 Å². The van der Waals surface area contributed by atoms with E-state index in [1.165, 1.54) is 52.0 Å². The van der Waals surface area contributed by atoms with E-state index in [0.29, 0.717) is 5.56 Å². The van der Waals surface area contributed by atoms with Crippen molar-refractivity contribution in [2.75, 3.05) is 32.8 Å². The van der Waals surface area contributed by atoms with E-state index in [4.69, 9.17) is 34.4 Å². The van der Waals surface area contributed by atoms with E-state index in [0.717, 1.165) is 13.8 Å². The molecule has 0 fully saturated rings. The lowest BCUT2D eigenvalue weighted by atomic mass is 9.96. The first-order valence-electron chi connectivity index (χ1n) is 45.0. The highest BCUT2D eigenvalue weighted by atomic mass is 16.4. The second-order valence-electron chi connectivity index (χ2n) is 34.6. The van der Waals surface area contributed by atoms with Crippen LogP contribution in [0.1, 0.15) is 171 Å². The van der Waals surface area contributed by atoms with Crippen LogP contribution in [-0.4, -0.2) is 302 Å². The number of hydrogen-bond donors (Lipinski definition) is 29. The molecule has 2 aromatic rings. The second-order valence-corrected chi connectivity index (χ2v) is 34.6. The highest BCUT2D eigenvalue weighted by molar-refractivity contribution is 6.02. The predicted molar refractivity (Wildman–Crippen MR) is 495 cm³/mol. The maximum absolute atomic E-state index is 14.9. The molecule has 138 heavy (non-hydrogen) atoms. The van der Waals surface area contributed by atoms with Gasteiger partial charge in [-0.15, -0.1) is 0 Å². The number of aliphatic carboxylic acids is 2. The topological polar surface area (TPSA) is 853 Å². The maximum Gasteiger partial charge on any atom is 0.325 e. The highest BCUT2D eigenvalue weighted by Crippen LogP contribution is 2.18. The van der Waals surface area contributed by atoms with Gasteiger partial charge in [0, 0.05) is 25.8 Å². The number of carboxylic acid groups (broad SMARTS) is 2. The van der Waals surface area contributed by atoms with Crippen LogP contribution in [0.3, 0.4) is 0 Å². The molecule has 0 radical (unpaired) electrons. The minimum atomic E-state index is -2.10. The zero-order chi connectivity index (χ0) is 105. The number of carbonyl (C=O) groups excluding carboxylic acids is 19. The number of hydrogen-bond acceptors (Lipinski definition) is 28. The van der Waals surface area contributed by atoms with Gasteiger partial charge in [0.05, 0.1) is 44.7 Å². The number of aliphatic hydroxyl groups is 3. The number of carbonyl (C=O) groups is 21. The monoisotopic (exact) mass is 1950 g/mol. The number of primary amides is 2. The van der Waals surface area contributed by atoms with Crippen molar-refractivity contribution in [2.45, 2.75) is 282 Å². The van der Waals surface area contributed by atoms with Gasteiger partial charge in [-0.3, -0.25) is 106 Å². The van der Waals surface area contributed by atoms with Crippen molar-refractivity contribution in [1.29, 1.82) is 0 Å². The van der Waals surface area contributed by atoms with E-state index in [1.807, 2.05) is 0 Å². The van der Waals surface area contributed by atoms with Gasteiger partial charge in [-0.1, -0.05) is 104 Å². The van der Waals surface area contributed by atoms with Gasteiger partial charge in [-0.2, -0.15) is 0 Å². The molecule has 0 aliphatic carbocycles. The first kappa shape index (κ1) is 120. The number of aromatic hydroxyl groups is 1. The van der Waals surface area contributed by atoms with Crippen LogP contribution in [0, 0.1) is 23.7 Å². The van der Waals surface area contributed by atoms with E-state index < -0.39 is 297 Å². The largest absolute Gasteiger partial charge is 0.508 e. The van der Waals surface area contributed by atoms with Gasteiger partial charge < -0.3 is 155 Å². The van der Waals surface area contributed by atoms with Gasteiger partial charge in [0.25, 0.3) is 0 Å². The molecule has 770 valence electrons. The fourth-order valence-corrected chi connectivity index (χ4v) is 13.3. The average Bonchev–Trinajstić information content (AvgIpc) is 0.840. The Morgan fingerprint density at radius 3 is 1.26 bits per heavy atom. The molecule has 51 nitrogen and oxygen atoms in total. The molecular weight excluding hydrogens is 1810 g/mol. The summed E-state index contributed by atoms with van der Waals surface area (Å²) >= 11 is 0. The number of benzene rings is 2. The van der Waals surface area contributed by atoms with Crippen molar-refractivity contribution in [3.8, 4) is 5.75 Å².